The molecule has 1 aliphatic rings. The van der Waals surface area contributed by atoms with E-state index in [4.69, 9.17) is 0 Å². The van der Waals surface area contributed by atoms with Crippen LogP contribution in [0.2, 0.25) is 0 Å². The van der Waals surface area contributed by atoms with Gasteiger partial charge in [-0.1, -0.05) is 200 Å². The van der Waals surface area contributed by atoms with Crippen LogP contribution in [0, 0.1) is 6.92 Å². The van der Waals surface area contributed by atoms with Gasteiger partial charge >= 0.3 is 0 Å². The molecule has 0 saturated carbocycles. The minimum absolute atomic E-state index is 0.0588. The topological polar surface area (TPSA) is 3.24 Å². The quantitative estimate of drug-likeness (QED) is 0.0843. The lowest BCUT2D eigenvalue weighted by Gasteiger charge is -2.33. The lowest BCUT2D eigenvalue weighted by Crippen LogP contribution is -2.26. The van der Waals surface area contributed by atoms with Crippen molar-refractivity contribution in [2.75, 3.05) is 11.9 Å². The van der Waals surface area contributed by atoms with Crippen LogP contribution >= 0.6 is 0 Å². The van der Waals surface area contributed by atoms with E-state index >= 15 is 0 Å². The molecule has 6 aromatic carbocycles. The molecule has 1 nitrogen and oxygen atoms in total. The van der Waals surface area contributed by atoms with Gasteiger partial charge in [-0.3, -0.25) is 0 Å². The highest BCUT2D eigenvalue weighted by Crippen LogP contribution is 2.55. The van der Waals surface area contributed by atoms with Crippen molar-refractivity contribution in [1.82, 2.24) is 0 Å². The maximum absolute atomic E-state index is 2.54. The first-order valence-electron chi connectivity index (χ1n) is 21.7. The largest absolute Gasteiger partial charge is 0.345 e. The molecule has 0 spiro atoms. The van der Waals surface area contributed by atoms with Gasteiger partial charge in [-0.2, -0.15) is 0 Å². The van der Waals surface area contributed by atoms with Crippen LogP contribution in [-0.4, -0.2) is 7.05 Å². The molecule has 0 aromatic heterocycles. The van der Waals surface area contributed by atoms with Crippen LogP contribution in [0.15, 0.2) is 140 Å². The summed E-state index contributed by atoms with van der Waals surface area (Å²) in [6, 6.07) is 53.1. The van der Waals surface area contributed by atoms with Crippen LogP contribution in [0.25, 0.3) is 33.4 Å². The summed E-state index contributed by atoms with van der Waals surface area (Å²) in [5.41, 5.74) is 17.6. The Labute approximate surface area is 338 Å². The molecule has 1 aliphatic carbocycles. The summed E-state index contributed by atoms with van der Waals surface area (Å²) in [7, 11) is 2.23. The number of hydrogen-bond donors (Lipinski definition) is 0. The molecule has 0 bridgehead atoms. The van der Waals surface area contributed by atoms with Gasteiger partial charge in [0.2, 0.25) is 0 Å². The van der Waals surface area contributed by atoms with Gasteiger partial charge in [-0.25, -0.2) is 0 Å². The lowest BCUT2D eigenvalue weighted by atomic mass is 9.70. The highest BCUT2D eigenvalue weighted by atomic mass is 15.1. The minimum atomic E-state index is -0.0588. The van der Waals surface area contributed by atoms with E-state index in [0.717, 1.165) is 6.42 Å². The number of rotatable bonds is 17. The number of fused-ring (bicyclic) bond motifs is 3. The van der Waals surface area contributed by atoms with Gasteiger partial charge in [-0.05, 0) is 106 Å². The van der Waals surface area contributed by atoms with Crippen LogP contribution in [0.4, 0.5) is 11.4 Å². The average Bonchev–Trinajstić information content (AvgIpc) is 3.52. The molecule has 0 radical (unpaired) electrons. The maximum atomic E-state index is 2.54. The minimum Gasteiger partial charge on any atom is -0.345 e. The zero-order valence-electron chi connectivity index (χ0n) is 35.0. The van der Waals surface area contributed by atoms with Crippen molar-refractivity contribution in [2.24, 2.45) is 0 Å². The molecule has 0 fully saturated rings. The van der Waals surface area contributed by atoms with E-state index in [0.29, 0.717) is 0 Å². The summed E-state index contributed by atoms with van der Waals surface area (Å²) in [5.74, 6) is 0. The summed E-state index contributed by atoms with van der Waals surface area (Å²) in [6.07, 6.45) is 13.9. The molecule has 288 valence electrons. The molecule has 1 heteroatoms. The standard InChI is InChI=1S/C55H63N/c1-7-10-12-16-38-55(39-17-13-11-8-2)52-19-15-14-18-50(52)51-37-36-49(40-53(51)55)56(6)48-34-28-45(29-35-48)44-26-32-47(33-27-44)54(5,9-3)46-30-24-43(25-31-46)42-22-20-41(4)21-23-42/h14-15,18-37,40H,7-13,16-17,38-39H2,1-6H3. The van der Waals surface area contributed by atoms with E-state index < -0.39 is 0 Å². The number of benzene rings is 6. The summed E-state index contributed by atoms with van der Waals surface area (Å²) < 4.78 is 0. The normalized spacial score (nSPS) is 13.9. The summed E-state index contributed by atoms with van der Waals surface area (Å²) in [4.78, 5) is 2.38. The summed E-state index contributed by atoms with van der Waals surface area (Å²) >= 11 is 0. The van der Waals surface area contributed by atoms with E-state index in [-0.39, 0.29) is 10.8 Å². The first-order chi connectivity index (χ1) is 27.3. The Morgan fingerprint density at radius 2 is 0.946 bits per heavy atom. The summed E-state index contributed by atoms with van der Waals surface area (Å²) in [5, 5.41) is 0. The van der Waals surface area contributed by atoms with E-state index in [1.165, 1.54) is 126 Å². The van der Waals surface area contributed by atoms with Gasteiger partial charge in [0.05, 0.1) is 0 Å². The number of unbranched alkanes of at least 4 members (excludes halogenated alkanes) is 6. The van der Waals surface area contributed by atoms with Crippen LogP contribution in [0.3, 0.4) is 0 Å². The van der Waals surface area contributed by atoms with Crippen molar-refractivity contribution >= 4 is 11.4 Å². The third-order valence-electron chi connectivity index (χ3n) is 13.3. The molecule has 0 N–H and O–H groups in total. The third kappa shape index (κ3) is 7.88. The molecule has 0 aliphatic heterocycles. The Morgan fingerprint density at radius 1 is 0.482 bits per heavy atom. The van der Waals surface area contributed by atoms with Crippen LogP contribution < -0.4 is 4.90 Å². The molecule has 1 unspecified atom stereocenters. The maximum Gasteiger partial charge on any atom is 0.0411 e. The van der Waals surface area contributed by atoms with Crippen LogP contribution in [0.1, 0.15) is 126 Å². The second-order valence-corrected chi connectivity index (χ2v) is 16.8. The Morgan fingerprint density at radius 3 is 1.46 bits per heavy atom. The number of anilines is 2. The van der Waals surface area contributed by atoms with Crippen molar-refractivity contribution in [1.29, 1.82) is 0 Å². The Hall–Kier alpha value is -4.88. The molecule has 0 heterocycles. The fraction of sp³-hybridized carbons (Fsp3) is 0.345. The second-order valence-electron chi connectivity index (χ2n) is 16.8. The molecule has 6 aromatic rings. The third-order valence-corrected chi connectivity index (χ3v) is 13.3. The smallest absolute Gasteiger partial charge is 0.0411 e. The van der Waals surface area contributed by atoms with E-state index in [1.807, 2.05) is 0 Å². The fourth-order valence-corrected chi connectivity index (χ4v) is 9.43. The van der Waals surface area contributed by atoms with Gasteiger partial charge in [0.15, 0.2) is 0 Å². The van der Waals surface area contributed by atoms with Gasteiger partial charge in [0.25, 0.3) is 0 Å². The van der Waals surface area contributed by atoms with Crippen molar-refractivity contribution in [3.8, 4) is 33.4 Å². The van der Waals surface area contributed by atoms with Crippen molar-refractivity contribution in [3.63, 3.8) is 0 Å². The molecule has 0 amide bonds. The SMILES string of the molecule is CCCCCCC1(CCCCCC)c2ccccc2-c2ccc(N(C)c3ccc(-c4ccc(C(C)(CC)c5ccc(-c6ccc(C)cc6)cc5)cc4)cc3)cc21. The monoisotopic (exact) mass is 737 g/mol. The second kappa shape index (κ2) is 17.5. The van der Waals surface area contributed by atoms with Gasteiger partial charge in [0.1, 0.15) is 0 Å². The Bertz CT molecular complexity index is 2160. The number of nitrogens with zero attached hydrogens (tertiary/aromatic N) is 1. The first kappa shape index (κ1) is 39.4. The number of hydrogen-bond acceptors (Lipinski definition) is 1. The first-order valence-corrected chi connectivity index (χ1v) is 21.7. The molecule has 1 atom stereocenters. The van der Waals surface area contributed by atoms with E-state index in [9.17, 15) is 0 Å². The van der Waals surface area contributed by atoms with Crippen molar-refractivity contribution in [2.45, 2.75) is 116 Å². The van der Waals surface area contributed by atoms with Gasteiger partial charge in [-0.15, -0.1) is 0 Å². The highest BCUT2D eigenvalue weighted by Gasteiger charge is 2.42. The van der Waals surface area contributed by atoms with Crippen molar-refractivity contribution in [3.05, 3.63) is 167 Å². The van der Waals surface area contributed by atoms with Gasteiger partial charge in [0, 0.05) is 29.3 Å². The fourth-order valence-electron chi connectivity index (χ4n) is 9.43. The highest BCUT2D eigenvalue weighted by molar-refractivity contribution is 5.84. The molecule has 0 saturated heterocycles. The van der Waals surface area contributed by atoms with Crippen LogP contribution in [-0.2, 0) is 10.8 Å². The Balaban J connectivity index is 1.11. The lowest BCUT2D eigenvalue weighted by molar-refractivity contribution is 0.401. The van der Waals surface area contributed by atoms with Crippen molar-refractivity contribution < 1.29 is 0 Å². The zero-order valence-corrected chi connectivity index (χ0v) is 35.0. The molecule has 56 heavy (non-hydrogen) atoms. The molecular formula is C55H63N. The predicted octanol–water partition coefficient (Wildman–Crippen LogP) is 16.0. The Kier molecular flexibility index (Phi) is 12.3. The predicted molar refractivity (Wildman–Crippen MR) is 243 cm³/mol. The number of aryl methyl sites for hydroxylation is 1. The van der Waals surface area contributed by atoms with Gasteiger partial charge < -0.3 is 4.90 Å². The van der Waals surface area contributed by atoms with E-state index in [2.05, 4.69) is 186 Å². The molecular weight excluding hydrogens is 675 g/mol. The molecule has 7 rings (SSSR count). The summed E-state index contributed by atoms with van der Waals surface area (Å²) in [6.45, 7) is 11.5. The zero-order chi connectivity index (χ0) is 39.1. The van der Waals surface area contributed by atoms with Crippen LogP contribution in [0.5, 0.6) is 0 Å². The average molecular weight is 738 g/mol. The van der Waals surface area contributed by atoms with E-state index in [1.54, 1.807) is 11.1 Å².